The minimum atomic E-state index is -0.137. The number of nitriles is 1. The fourth-order valence-corrected chi connectivity index (χ4v) is 2.06. The number of hydrogen-bond donors (Lipinski definition) is 1. The van der Waals surface area contributed by atoms with Gasteiger partial charge in [0.2, 0.25) is 0 Å². The zero-order valence-corrected chi connectivity index (χ0v) is 11.0. The Bertz CT molecular complexity index is 479. The van der Waals surface area contributed by atoms with Crippen LogP contribution in [0, 0.1) is 24.2 Å². The van der Waals surface area contributed by atoms with Gasteiger partial charge in [-0.1, -0.05) is 0 Å². The van der Waals surface area contributed by atoms with Crippen molar-refractivity contribution in [3.63, 3.8) is 0 Å². The highest BCUT2D eigenvalue weighted by molar-refractivity contribution is 5.74. The van der Waals surface area contributed by atoms with Crippen LogP contribution in [-0.4, -0.2) is 34.0 Å². The van der Waals surface area contributed by atoms with E-state index in [0.717, 1.165) is 24.2 Å². The molecule has 1 aliphatic rings. The first kappa shape index (κ1) is 13.3. The number of urea groups is 1. The van der Waals surface area contributed by atoms with Gasteiger partial charge >= 0.3 is 6.03 Å². The van der Waals surface area contributed by atoms with E-state index in [4.69, 9.17) is 5.26 Å². The summed E-state index contributed by atoms with van der Waals surface area (Å²) in [6.07, 6.45) is 5.09. The van der Waals surface area contributed by atoms with E-state index < -0.39 is 0 Å². The monoisotopic (exact) mass is 259 g/mol. The normalized spacial score (nSPS) is 18.7. The number of carbonyl (C=O) groups excluding carboxylic acids is 1. The average molecular weight is 259 g/mol. The molecule has 1 aliphatic heterocycles. The SMILES string of the molecule is Cc1cnc(CNC(=O)N2CCC[C@@H](C#N)C2)cn1. The fraction of sp³-hybridized carbons (Fsp3) is 0.538. The van der Waals surface area contributed by atoms with E-state index in [1.54, 1.807) is 17.3 Å². The van der Waals surface area contributed by atoms with Crippen molar-refractivity contribution in [2.24, 2.45) is 5.92 Å². The van der Waals surface area contributed by atoms with Crippen LogP contribution < -0.4 is 5.32 Å². The molecule has 0 spiro atoms. The summed E-state index contributed by atoms with van der Waals surface area (Å²) < 4.78 is 0. The molecule has 100 valence electrons. The van der Waals surface area contributed by atoms with Crippen molar-refractivity contribution < 1.29 is 4.79 Å². The molecule has 0 bridgehead atoms. The van der Waals surface area contributed by atoms with Gasteiger partial charge in [0, 0.05) is 19.3 Å². The van der Waals surface area contributed by atoms with E-state index in [0.29, 0.717) is 19.6 Å². The van der Waals surface area contributed by atoms with Crippen LogP contribution in [0.5, 0.6) is 0 Å². The predicted molar refractivity (Wildman–Crippen MR) is 68.9 cm³/mol. The summed E-state index contributed by atoms with van der Waals surface area (Å²) in [7, 11) is 0. The van der Waals surface area contributed by atoms with Crippen molar-refractivity contribution >= 4 is 6.03 Å². The zero-order chi connectivity index (χ0) is 13.7. The molecule has 6 heteroatoms. The molecule has 2 heterocycles. The predicted octanol–water partition coefficient (Wildman–Crippen LogP) is 1.23. The van der Waals surface area contributed by atoms with E-state index in [1.807, 2.05) is 6.92 Å². The Morgan fingerprint density at radius 2 is 2.42 bits per heavy atom. The summed E-state index contributed by atoms with van der Waals surface area (Å²) in [5.74, 6) is -0.0429. The van der Waals surface area contributed by atoms with Gasteiger partial charge in [0.05, 0.1) is 36.1 Å². The summed E-state index contributed by atoms with van der Waals surface area (Å²) >= 11 is 0. The lowest BCUT2D eigenvalue weighted by molar-refractivity contribution is 0.176. The van der Waals surface area contributed by atoms with Crippen LogP contribution in [0.3, 0.4) is 0 Å². The fourth-order valence-electron chi connectivity index (χ4n) is 2.06. The van der Waals surface area contributed by atoms with Crippen molar-refractivity contribution in [1.82, 2.24) is 20.2 Å². The highest BCUT2D eigenvalue weighted by atomic mass is 16.2. The number of nitrogens with one attached hydrogen (secondary N) is 1. The standard InChI is InChI=1S/C13H17N5O/c1-10-6-16-12(7-15-10)8-17-13(19)18-4-2-3-11(5-14)9-18/h6-7,11H,2-4,8-9H2,1H3,(H,17,19)/t11-/m0/s1. The quantitative estimate of drug-likeness (QED) is 0.866. The molecule has 1 aromatic rings. The first-order chi connectivity index (χ1) is 9.19. The van der Waals surface area contributed by atoms with Gasteiger partial charge in [0.15, 0.2) is 0 Å². The number of amides is 2. The second-order valence-electron chi connectivity index (χ2n) is 4.72. The number of aryl methyl sites for hydroxylation is 1. The van der Waals surface area contributed by atoms with Crippen LogP contribution in [0.2, 0.25) is 0 Å². The molecule has 0 saturated carbocycles. The molecule has 0 aliphatic carbocycles. The summed E-state index contributed by atoms with van der Waals surface area (Å²) in [5, 5.41) is 11.7. The highest BCUT2D eigenvalue weighted by Crippen LogP contribution is 2.15. The lowest BCUT2D eigenvalue weighted by Gasteiger charge is -2.29. The van der Waals surface area contributed by atoms with Crippen LogP contribution in [0.4, 0.5) is 4.79 Å². The highest BCUT2D eigenvalue weighted by Gasteiger charge is 2.23. The number of aromatic nitrogens is 2. The molecular weight excluding hydrogens is 242 g/mol. The largest absolute Gasteiger partial charge is 0.332 e. The lowest BCUT2D eigenvalue weighted by Crippen LogP contribution is -2.45. The Labute approximate surface area is 112 Å². The zero-order valence-electron chi connectivity index (χ0n) is 11.0. The lowest BCUT2D eigenvalue weighted by atomic mass is 10.0. The van der Waals surface area contributed by atoms with E-state index in [1.165, 1.54) is 0 Å². The Balaban J connectivity index is 1.84. The van der Waals surface area contributed by atoms with Crippen LogP contribution in [-0.2, 0) is 6.54 Å². The van der Waals surface area contributed by atoms with Crippen LogP contribution >= 0.6 is 0 Å². The maximum absolute atomic E-state index is 12.0. The van der Waals surface area contributed by atoms with Crippen molar-refractivity contribution in [1.29, 1.82) is 5.26 Å². The van der Waals surface area contributed by atoms with E-state index in [9.17, 15) is 4.79 Å². The minimum Gasteiger partial charge on any atom is -0.332 e. The first-order valence-corrected chi connectivity index (χ1v) is 6.39. The van der Waals surface area contributed by atoms with E-state index in [2.05, 4.69) is 21.4 Å². The minimum absolute atomic E-state index is 0.0429. The Kier molecular flexibility index (Phi) is 4.29. The summed E-state index contributed by atoms with van der Waals surface area (Å²) in [6, 6.07) is 2.09. The smallest absolute Gasteiger partial charge is 0.317 e. The third kappa shape index (κ3) is 3.65. The number of rotatable bonds is 2. The molecule has 0 unspecified atom stereocenters. The van der Waals surface area contributed by atoms with Crippen molar-refractivity contribution in [2.75, 3.05) is 13.1 Å². The molecule has 6 nitrogen and oxygen atoms in total. The summed E-state index contributed by atoms with van der Waals surface area (Å²) in [5.41, 5.74) is 1.58. The van der Waals surface area contributed by atoms with Crippen molar-refractivity contribution in [3.8, 4) is 6.07 Å². The second kappa shape index (κ2) is 6.14. The number of hydrogen-bond acceptors (Lipinski definition) is 4. The Morgan fingerprint density at radius 1 is 1.58 bits per heavy atom. The van der Waals surface area contributed by atoms with Crippen LogP contribution in [0.1, 0.15) is 24.2 Å². The van der Waals surface area contributed by atoms with Gasteiger partial charge in [-0.05, 0) is 19.8 Å². The maximum Gasteiger partial charge on any atom is 0.317 e. The molecule has 1 fully saturated rings. The van der Waals surface area contributed by atoms with Crippen molar-refractivity contribution in [3.05, 3.63) is 23.8 Å². The van der Waals surface area contributed by atoms with Gasteiger partial charge < -0.3 is 10.2 Å². The molecule has 1 saturated heterocycles. The molecule has 2 rings (SSSR count). The molecule has 0 radical (unpaired) electrons. The third-order valence-electron chi connectivity index (χ3n) is 3.15. The Morgan fingerprint density at radius 3 is 3.11 bits per heavy atom. The molecule has 0 aromatic carbocycles. The molecule has 1 N–H and O–H groups in total. The van der Waals surface area contributed by atoms with Gasteiger partial charge in [-0.15, -0.1) is 0 Å². The van der Waals surface area contributed by atoms with Crippen LogP contribution in [0.15, 0.2) is 12.4 Å². The number of nitrogens with zero attached hydrogens (tertiary/aromatic N) is 4. The second-order valence-corrected chi connectivity index (χ2v) is 4.72. The van der Waals surface area contributed by atoms with Gasteiger partial charge in [-0.3, -0.25) is 9.97 Å². The van der Waals surface area contributed by atoms with E-state index in [-0.39, 0.29) is 11.9 Å². The molecule has 1 aromatic heterocycles. The van der Waals surface area contributed by atoms with E-state index >= 15 is 0 Å². The molecule has 19 heavy (non-hydrogen) atoms. The topological polar surface area (TPSA) is 81.9 Å². The van der Waals surface area contributed by atoms with Gasteiger partial charge in [-0.2, -0.15) is 5.26 Å². The van der Waals surface area contributed by atoms with Crippen molar-refractivity contribution in [2.45, 2.75) is 26.3 Å². The first-order valence-electron chi connectivity index (χ1n) is 6.39. The Hall–Kier alpha value is -2.16. The third-order valence-corrected chi connectivity index (χ3v) is 3.15. The number of piperidine rings is 1. The molecule has 1 atom stereocenters. The number of carbonyl (C=O) groups is 1. The van der Waals surface area contributed by atoms with Gasteiger partial charge in [0.25, 0.3) is 0 Å². The molecule has 2 amide bonds. The summed E-state index contributed by atoms with van der Waals surface area (Å²) in [6.45, 7) is 3.45. The average Bonchev–Trinajstić information content (AvgIpc) is 2.46. The van der Waals surface area contributed by atoms with Gasteiger partial charge in [-0.25, -0.2) is 4.79 Å². The van der Waals surface area contributed by atoms with Crippen LogP contribution in [0.25, 0.3) is 0 Å². The maximum atomic E-state index is 12.0. The number of likely N-dealkylation sites (tertiary alicyclic amines) is 1. The van der Waals surface area contributed by atoms with Gasteiger partial charge in [0.1, 0.15) is 0 Å². The molecular formula is C13H17N5O. The summed E-state index contributed by atoms with van der Waals surface area (Å²) in [4.78, 5) is 22.0.